The van der Waals surface area contributed by atoms with Crippen molar-refractivity contribution < 1.29 is 9.90 Å². The molecule has 1 unspecified atom stereocenters. The SMILES string of the molecule is CCCCCCCCCCCCCCCCC(CCCCC)C(=O)O. The van der Waals surface area contributed by atoms with Crippen molar-refractivity contribution in [3.63, 3.8) is 0 Å². The van der Waals surface area contributed by atoms with Gasteiger partial charge >= 0.3 is 5.97 Å². The van der Waals surface area contributed by atoms with Crippen molar-refractivity contribution in [3.8, 4) is 0 Å². The zero-order chi connectivity index (χ0) is 18.6. The van der Waals surface area contributed by atoms with Crippen LogP contribution in [0.25, 0.3) is 0 Å². The lowest BCUT2D eigenvalue weighted by molar-refractivity contribution is -0.142. The van der Waals surface area contributed by atoms with Crippen molar-refractivity contribution in [2.45, 2.75) is 136 Å². The van der Waals surface area contributed by atoms with E-state index in [9.17, 15) is 9.90 Å². The van der Waals surface area contributed by atoms with E-state index in [1.165, 1.54) is 96.3 Å². The summed E-state index contributed by atoms with van der Waals surface area (Å²) < 4.78 is 0. The third kappa shape index (κ3) is 18.1. The molecular weight excluding hydrogens is 308 g/mol. The average Bonchev–Trinajstić information content (AvgIpc) is 2.60. The summed E-state index contributed by atoms with van der Waals surface area (Å²) in [7, 11) is 0. The molecule has 0 fully saturated rings. The second-order valence-corrected chi connectivity index (χ2v) is 7.92. The Morgan fingerprint density at radius 1 is 0.560 bits per heavy atom. The largest absolute Gasteiger partial charge is 0.481 e. The number of carbonyl (C=O) groups is 1. The van der Waals surface area contributed by atoms with E-state index < -0.39 is 5.97 Å². The van der Waals surface area contributed by atoms with Crippen LogP contribution >= 0.6 is 0 Å². The van der Waals surface area contributed by atoms with Gasteiger partial charge in [-0.05, 0) is 12.8 Å². The van der Waals surface area contributed by atoms with Crippen molar-refractivity contribution in [1.29, 1.82) is 0 Å². The predicted molar refractivity (Wildman–Crippen MR) is 110 cm³/mol. The smallest absolute Gasteiger partial charge is 0.306 e. The quantitative estimate of drug-likeness (QED) is 0.224. The number of unbranched alkanes of at least 4 members (excludes halogenated alkanes) is 15. The molecular formula is C23H46O2. The van der Waals surface area contributed by atoms with E-state index in [1.54, 1.807) is 0 Å². The third-order valence-corrected chi connectivity index (χ3v) is 5.41. The van der Waals surface area contributed by atoms with Gasteiger partial charge in [-0.2, -0.15) is 0 Å². The van der Waals surface area contributed by atoms with Gasteiger partial charge in [0.25, 0.3) is 0 Å². The fraction of sp³-hybridized carbons (Fsp3) is 0.957. The summed E-state index contributed by atoms with van der Waals surface area (Å²) in [6.07, 6.45) is 24.2. The summed E-state index contributed by atoms with van der Waals surface area (Å²) in [5, 5.41) is 9.28. The van der Waals surface area contributed by atoms with Crippen LogP contribution in [0.4, 0.5) is 0 Å². The second kappa shape index (κ2) is 19.8. The highest BCUT2D eigenvalue weighted by Gasteiger charge is 2.15. The Hall–Kier alpha value is -0.530. The van der Waals surface area contributed by atoms with E-state index in [-0.39, 0.29) is 5.92 Å². The first-order valence-corrected chi connectivity index (χ1v) is 11.4. The summed E-state index contributed by atoms with van der Waals surface area (Å²) in [5.41, 5.74) is 0. The van der Waals surface area contributed by atoms with Crippen molar-refractivity contribution in [2.24, 2.45) is 5.92 Å². The van der Waals surface area contributed by atoms with Gasteiger partial charge in [-0.15, -0.1) is 0 Å². The molecule has 0 aromatic rings. The van der Waals surface area contributed by atoms with Gasteiger partial charge in [-0.25, -0.2) is 0 Å². The summed E-state index contributed by atoms with van der Waals surface area (Å²) >= 11 is 0. The summed E-state index contributed by atoms with van der Waals surface area (Å²) in [5.74, 6) is -0.672. The normalized spacial score (nSPS) is 12.4. The Kier molecular flexibility index (Phi) is 19.4. The first kappa shape index (κ1) is 24.5. The monoisotopic (exact) mass is 354 g/mol. The fourth-order valence-electron chi connectivity index (χ4n) is 3.62. The number of carboxylic acid groups (broad SMARTS) is 1. The number of rotatable bonds is 20. The minimum atomic E-state index is -0.578. The highest BCUT2D eigenvalue weighted by molar-refractivity contribution is 5.69. The Bertz CT molecular complexity index is 275. The molecule has 0 aliphatic rings. The molecule has 25 heavy (non-hydrogen) atoms. The highest BCUT2D eigenvalue weighted by Crippen LogP contribution is 2.19. The average molecular weight is 355 g/mol. The topological polar surface area (TPSA) is 37.3 Å². The van der Waals surface area contributed by atoms with Gasteiger partial charge in [0.05, 0.1) is 5.92 Å². The van der Waals surface area contributed by atoms with E-state index in [2.05, 4.69) is 13.8 Å². The highest BCUT2D eigenvalue weighted by atomic mass is 16.4. The van der Waals surface area contributed by atoms with Crippen LogP contribution < -0.4 is 0 Å². The van der Waals surface area contributed by atoms with E-state index >= 15 is 0 Å². The molecule has 1 atom stereocenters. The number of hydrogen-bond acceptors (Lipinski definition) is 1. The van der Waals surface area contributed by atoms with Crippen molar-refractivity contribution in [3.05, 3.63) is 0 Å². The molecule has 0 amide bonds. The van der Waals surface area contributed by atoms with Crippen LogP contribution in [0.15, 0.2) is 0 Å². The lowest BCUT2D eigenvalue weighted by Crippen LogP contribution is -2.13. The van der Waals surface area contributed by atoms with Gasteiger partial charge in [-0.3, -0.25) is 4.79 Å². The van der Waals surface area contributed by atoms with Crippen LogP contribution in [-0.4, -0.2) is 11.1 Å². The molecule has 0 radical (unpaired) electrons. The van der Waals surface area contributed by atoms with Gasteiger partial charge in [0.1, 0.15) is 0 Å². The fourth-order valence-corrected chi connectivity index (χ4v) is 3.62. The second-order valence-electron chi connectivity index (χ2n) is 7.92. The Labute approximate surface area is 158 Å². The van der Waals surface area contributed by atoms with Crippen LogP contribution in [0.2, 0.25) is 0 Å². The maximum absolute atomic E-state index is 11.3. The van der Waals surface area contributed by atoms with Gasteiger partial charge in [-0.1, -0.05) is 123 Å². The molecule has 0 spiro atoms. The molecule has 0 rings (SSSR count). The lowest BCUT2D eigenvalue weighted by atomic mass is 9.94. The molecule has 0 saturated carbocycles. The molecule has 0 aromatic heterocycles. The molecule has 150 valence electrons. The minimum Gasteiger partial charge on any atom is -0.481 e. The van der Waals surface area contributed by atoms with Gasteiger partial charge in [0, 0.05) is 0 Å². The van der Waals surface area contributed by atoms with Gasteiger partial charge in [0.15, 0.2) is 0 Å². The van der Waals surface area contributed by atoms with Crippen LogP contribution in [0.3, 0.4) is 0 Å². The first-order valence-electron chi connectivity index (χ1n) is 11.4. The maximum Gasteiger partial charge on any atom is 0.306 e. The van der Waals surface area contributed by atoms with Crippen LogP contribution in [0, 0.1) is 5.92 Å². The van der Waals surface area contributed by atoms with Crippen molar-refractivity contribution >= 4 is 5.97 Å². The van der Waals surface area contributed by atoms with Crippen LogP contribution in [0.1, 0.15) is 136 Å². The third-order valence-electron chi connectivity index (χ3n) is 5.41. The Morgan fingerprint density at radius 3 is 1.20 bits per heavy atom. The maximum atomic E-state index is 11.3. The standard InChI is InChI=1S/C23H46O2/c1-3-5-7-8-9-10-11-12-13-14-15-16-17-19-21-22(23(24)25)20-18-6-4-2/h22H,3-21H2,1-2H3,(H,24,25). The molecule has 0 aliphatic heterocycles. The zero-order valence-electron chi connectivity index (χ0n) is 17.4. The Balaban J connectivity index is 3.30. The minimum absolute atomic E-state index is 0.0936. The van der Waals surface area contributed by atoms with E-state index in [0.29, 0.717) is 0 Å². The molecule has 2 nitrogen and oxygen atoms in total. The van der Waals surface area contributed by atoms with E-state index in [0.717, 1.165) is 25.7 Å². The summed E-state index contributed by atoms with van der Waals surface area (Å²) in [6.45, 7) is 4.45. The van der Waals surface area contributed by atoms with Crippen LogP contribution in [-0.2, 0) is 4.79 Å². The summed E-state index contributed by atoms with van der Waals surface area (Å²) in [6, 6.07) is 0. The Morgan fingerprint density at radius 2 is 0.840 bits per heavy atom. The molecule has 2 heteroatoms. The van der Waals surface area contributed by atoms with Gasteiger partial charge < -0.3 is 5.11 Å². The molecule has 0 heterocycles. The number of aliphatic carboxylic acids is 1. The molecule has 0 bridgehead atoms. The molecule has 0 aliphatic carbocycles. The molecule has 0 saturated heterocycles. The lowest BCUT2D eigenvalue weighted by Gasteiger charge is -2.11. The van der Waals surface area contributed by atoms with E-state index in [1.807, 2.05) is 0 Å². The number of hydrogen-bond donors (Lipinski definition) is 1. The van der Waals surface area contributed by atoms with Crippen molar-refractivity contribution in [2.75, 3.05) is 0 Å². The van der Waals surface area contributed by atoms with Gasteiger partial charge in [0.2, 0.25) is 0 Å². The predicted octanol–water partition coefficient (Wildman–Crippen LogP) is 8.14. The molecule has 1 N–H and O–H groups in total. The van der Waals surface area contributed by atoms with Crippen molar-refractivity contribution in [1.82, 2.24) is 0 Å². The number of carboxylic acids is 1. The van der Waals surface area contributed by atoms with Crippen LogP contribution in [0.5, 0.6) is 0 Å². The molecule has 0 aromatic carbocycles. The first-order chi connectivity index (χ1) is 12.2. The van der Waals surface area contributed by atoms with E-state index in [4.69, 9.17) is 0 Å². The zero-order valence-corrected chi connectivity index (χ0v) is 17.4. The summed E-state index contributed by atoms with van der Waals surface area (Å²) in [4.78, 5) is 11.3.